The van der Waals surface area contributed by atoms with Crippen LogP contribution in [0.3, 0.4) is 0 Å². The van der Waals surface area contributed by atoms with Gasteiger partial charge >= 0.3 is 6.09 Å². The summed E-state index contributed by atoms with van der Waals surface area (Å²) < 4.78 is 44.9. The molecule has 1 aliphatic rings. The minimum atomic E-state index is -4.30. The zero-order valence-electron chi connectivity index (χ0n) is 18.7. The van der Waals surface area contributed by atoms with Crippen molar-refractivity contribution >= 4 is 27.3 Å². The van der Waals surface area contributed by atoms with Crippen LogP contribution in [0.1, 0.15) is 27.2 Å². The first-order valence-corrected chi connectivity index (χ1v) is 11.9. The zero-order chi connectivity index (χ0) is 24.4. The standard InChI is InChI=1S/C22H26FN3O6S/c1-22(2,3)32-21(27)25-11-5-10-24(12-13-25)17-8-9-20(19(15-17)26(28)29)33(30,31)18-7-4-6-16(23)14-18/h4,6-9,14-15H,5,10-13H2,1-3H3. The zero-order valence-corrected chi connectivity index (χ0v) is 19.5. The van der Waals surface area contributed by atoms with E-state index in [-0.39, 0.29) is 4.90 Å². The Kier molecular flexibility index (Phi) is 6.92. The van der Waals surface area contributed by atoms with E-state index in [1.807, 2.05) is 4.90 Å². The Morgan fingerprint density at radius 3 is 2.45 bits per heavy atom. The van der Waals surface area contributed by atoms with Crippen LogP contribution in [0, 0.1) is 15.9 Å². The highest BCUT2D eigenvalue weighted by molar-refractivity contribution is 7.91. The number of amides is 1. The summed E-state index contributed by atoms with van der Waals surface area (Å²) in [7, 11) is -4.30. The van der Waals surface area contributed by atoms with E-state index in [9.17, 15) is 27.7 Å². The predicted octanol–water partition coefficient (Wildman–Crippen LogP) is 4.01. The fourth-order valence-corrected chi connectivity index (χ4v) is 4.95. The molecule has 0 radical (unpaired) electrons. The van der Waals surface area contributed by atoms with Gasteiger partial charge in [-0.1, -0.05) is 6.07 Å². The minimum Gasteiger partial charge on any atom is -0.444 e. The average Bonchev–Trinajstić information content (AvgIpc) is 2.98. The molecule has 1 fully saturated rings. The summed E-state index contributed by atoms with van der Waals surface area (Å²) in [4.78, 5) is 25.9. The van der Waals surface area contributed by atoms with Crippen molar-refractivity contribution in [3.8, 4) is 0 Å². The number of rotatable bonds is 4. The first kappa shape index (κ1) is 24.4. The van der Waals surface area contributed by atoms with Gasteiger partial charge in [-0.25, -0.2) is 17.6 Å². The monoisotopic (exact) mass is 479 g/mol. The van der Waals surface area contributed by atoms with Gasteiger partial charge in [-0.2, -0.15) is 0 Å². The van der Waals surface area contributed by atoms with Gasteiger partial charge in [-0.05, 0) is 57.5 Å². The van der Waals surface area contributed by atoms with E-state index in [2.05, 4.69) is 0 Å². The van der Waals surface area contributed by atoms with Crippen LogP contribution >= 0.6 is 0 Å². The maximum Gasteiger partial charge on any atom is 0.410 e. The van der Waals surface area contributed by atoms with E-state index < -0.39 is 42.9 Å². The number of nitro groups is 1. The topological polar surface area (TPSA) is 110 Å². The van der Waals surface area contributed by atoms with Gasteiger partial charge in [0.2, 0.25) is 9.84 Å². The van der Waals surface area contributed by atoms with Gasteiger partial charge in [0.05, 0.1) is 9.82 Å². The number of nitro benzene ring substituents is 1. The molecule has 0 N–H and O–H groups in total. The largest absolute Gasteiger partial charge is 0.444 e. The third kappa shape index (κ3) is 5.78. The Bertz CT molecular complexity index is 1160. The number of anilines is 1. The Morgan fingerprint density at radius 2 is 1.82 bits per heavy atom. The molecular weight excluding hydrogens is 453 g/mol. The first-order valence-electron chi connectivity index (χ1n) is 10.4. The van der Waals surface area contributed by atoms with Crippen LogP contribution in [0.25, 0.3) is 0 Å². The maximum atomic E-state index is 13.6. The van der Waals surface area contributed by atoms with Gasteiger partial charge in [0.1, 0.15) is 16.3 Å². The number of halogens is 1. The van der Waals surface area contributed by atoms with Crippen molar-refractivity contribution in [2.24, 2.45) is 0 Å². The molecule has 0 atom stereocenters. The number of hydrogen-bond acceptors (Lipinski definition) is 7. The summed E-state index contributed by atoms with van der Waals surface area (Å²) in [5, 5.41) is 11.7. The number of carbonyl (C=O) groups is 1. The fraction of sp³-hybridized carbons (Fsp3) is 0.409. The molecule has 33 heavy (non-hydrogen) atoms. The van der Waals surface area contributed by atoms with Gasteiger partial charge in [0.15, 0.2) is 0 Å². The van der Waals surface area contributed by atoms with Crippen molar-refractivity contribution in [2.75, 3.05) is 31.1 Å². The Balaban J connectivity index is 1.87. The Morgan fingerprint density at radius 1 is 1.09 bits per heavy atom. The lowest BCUT2D eigenvalue weighted by molar-refractivity contribution is -0.387. The quantitative estimate of drug-likeness (QED) is 0.481. The highest BCUT2D eigenvalue weighted by Gasteiger charge is 2.30. The molecule has 0 saturated carbocycles. The van der Waals surface area contributed by atoms with Crippen molar-refractivity contribution in [2.45, 2.75) is 42.6 Å². The van der Waals surface area contributed by atoms with Gasteiger partial charge in [-0.3, -0.25) is 10.1 Å². The van der Waals surface area contributed by atoms with Crippen LogP contribution in [-0.4, -0.2) is 56.1 Å². The Labute approximate surface area is 191 Å². The molecule has 9 nitrogen and oxygen atoms in total. The first-order chi connectivity index (χ1) is 15.4. The minimum absolute atomic E-state index is 0.353. The molecule has 0 spiro atoms. The summed E-state index contributed by atoms with van der Waals surface area (Å²) >= 11 is 0. The van der Waals surface area contributed by atoms with E-state index in [1.165, 1.54) is 30.3 Å². The molecule has 1 heterocycles. The SMILES string of the molecule is CC(C)(C)OC(=O)N1CCCN(c2ccc(S(=O)(=O)c3cccc(F)c3)c([N+](=O)[O-])c2)CC1. The number of ether oxygens (including phenoxy) is 1. The Hall–Kier alpha value is -3.21. The molecule has 0 aromatic heterocycles. The fourth-order valence-electron chi connectivity index (χ4n) is 3.52. The summed E-state index contributed by atoms with van der Waals surface area (Å²) in [6.45, 7) is 7.10. The van der Waals surface area contributed by atoms with Crippen molar-refractivity contribution in [1.82, 2.24) is 4.90 Å². The summed E-state index contributed by atoms with van der Waals surface area (Å²) in [6, 6.07) is 8.21. The number of hydrogen-bond donors (Lipinski definition) is 0. The second-order valence-electron chi connectivity index (χ2n) is 8.68. The molecule has 2 aromatic carbocycles. The number of nitrogens with zero attached hydrogens (tertiary/aromatic N) is 3. The third-order valence-electron chi connectivity index (χ3n) is 5.05. The lowest BCUT2D eigenvalue weighted by Crippen LogP contribution is -2.39. The number of benzene rings is 2. The van der Waals surface area contributed by atoms with Crippen LogP contribution in [-0.2, 0) is 14.6 Å². The van der Waals surface area contributed by atoms with Crippen molar-refractivity contribution in [3.63, 3.8) is 0 Å². The second-order valence-corrected chi connectivity index (χ2v) is 10.6. The predicted molar refractivity (Wildman–Crippen MR) is 120 cm³/mol. The molecule has 3 rings (SSSR count). The molecule has 0 unspecified atom stereocenters. The van der Waals surface area contributed by atoms with Crippen LogP contribution in [0.15, 0.2) is 52.3 Å². The van der Waals surface area contributed by atoms with Crippen molar-refractivity contribution < 1.29 is 27.3 Å². The molecule has 178 valence electrons. The molecule has 11 heteroatoms. The van der Waals surface area contributed by atoms with Gasteiger partial charge < -0.3 is 14.5 Å². The summed E-state index contributed by atoms with van der Waals surface area (Å²) in [6.07, 6.45) is 0.183. The van der Waals surface area contributed by atoms with Gasteiger partial charge in [0, 0.05) is 37.9 Å². The lowest BCUT2D eigenvalue weighted by atomic mass is 10.2. The molecule has 0 aliphatic carbocycles. The maximum absolute atomic E-state index is 13.6. The highest BCUT2D eigenvalue weighted by Crippen LogP contribution is 2.33. The van der Waals surface area contributed by atoms with Crippen molar-refractivity contribution in [3.05, 3.63) is 58.4 Å². The number of sulfone groups is 1. The van der Waals surface area contributed by atoms with E-state index in [4.69, 9.17) is 4.74 Å². The molecule has 1 saturated heterocycles. The summed E-state index contributed by atoms with van der Waals surface area (Å²) in [5.74, 6) is -0.755. The molecule has 1 aliphatic heterocycles. The third-order valence-corrected chi connectivity index (χ3v) is 6.85. The van der Waals surface area contributed by atoms with E-state index in [0.717, 1.165) is 12.1 Å². The summed E-state index contributed by atoms with van der Waals surface area (Å²) in [5.41, 5.74) is -0.747. The van der Waals surface area contributed by atoms with Gasteiger partial charge in [0.25, 0.3) is 5.69 Å². The van der Waals surface area contributed by atoms with Crippen LogP contribution in [0.4, 0.5) is 20.6 Å². The van der Waals surface area contributed by atoms with E-state index in [0.29, 0.717) is 38.3 Å². The molecule has 2 aromatic rings. The smallest absolute Gasteiger partial charge is 0.410 e. The van der Waals surface area contributed by atoms with E-state index in [1.54, 1.807) is 25.7 Å². The normalized spacial score (nSPS) is 15.2. The number of carbonyl (C=O) groups excluding carboxylic acids is 1. The van der Waals surface area contributed by atoms with E-state index >= 15 is 0 Å². The van der Waals surface area contributed by atoms with Crippen LogP contribution < -0.4 is 4.90 Å². The lowest BCUT2D eigenvalue weighted by Gasteiger charge is -2.27. The highest BCUT2D eigenvalue weighted by atomic mass is 32.2. The van der Waals surface area contributed by atoms with Gasteiger partial charge in [-0.15, -0.1) is 0 Å². The van der Waals surface area contributed by atoms with Crippen molar-refractivity contribution in [1.29, 1.82) is 0 Å². The molecular formula is C22H26FN3O6S. The molecule has 0 bridgehead atoms. The second kappa shape index (κ2) is 9.34. The van der Waals surface area contributed by atoms with Crippen LogP contribution in [0.5, 0.6) is 0 Å². The average molecular weight is 480 g/mol. The van der Waals surface area contributed by atoms with Crippen LogP contribution in [0.2, 0.25) is 0 Å². The molecule has 1 amide bonds.